The maximum atomic E-state index is 11.5. The summed E-state index contributed by atoms with van der Waals surface area (Å²) >= 11 is 17.2. The van der Waals surface area contributed by atoms with E-state index < -0.39 is 5.25 Å². The number of nitro groups is 1. The molecule has 1 atom stereocenters. The van der Waals surface area contributed by atoms with E-state index in [0.717, 1.165) is 15.7 Å². The first-order valence-electron chi connectivity index (χ1n) is 10.4. The fraction of sp³-hybridized carbons (Fsp3) is 0.167. The van der Waals surface area contributed by atoms with Gasteiger partial charge in [-0.05, 0) is 66.6 Å². The fourth-order valence-corrected chi connectivity index (χ4v) is 5.15. The van der Waals surface area contributed by atoms with E-state index in [1.807, 2.05) is 47.9 Å². The van der Waals surface area contributed by atoms with E-state index in [0.29, 0.717) is 38.9 Å². The zero-order chi connectivity index (χ0) is 24.9. The van der Waals surface area contributed by atoms with E-state index in [2.05, 4.69) is 26.1 Å². The second-order valence-electron chi connectivity index (χ2n) is 7.57. The predicted molar refractivity (Wildman–Crippen MR) is 141 cm³/mol. The lowest BCUT2D eigenvalue weighted by Gasteiger charge is -2.16. The second kappa shape index (κ2) is 11.4. The normalized spacial score (nSPS) is 11.9. The van der Waals surface area contributed by atoms with E-state index in [-0.39, 0.29) is 11.5 Å². The molecule has 0 aliphatic carbocycles. The molecule has 4 rings (SSSR count). The Balaban J connectivity index is 1.56. The molecule has 180 valence electrons. The lowest BCUT2D eigenvalue weighted by Crippen LogP contribution is -2.11. The van der Waals surface area contributed by atoms with Crippen molar-refractivity contribution in [2.45, 2.75) is 23.9 Å². The molecule has 11 heteroatoms. The lowest BCUT2D eigenvalue weighted by molar-refractivity contribution is -0.479. The number of thioether (sulfide) groups is 1. The topological polar surface area (TPSA) is 83.1 Å². The molecular weight excluding hydrogens is 575 g/mol. The summed E-state index contributed by atoms with van der Waals surface area (Å²) in [5.74, 6) is 1.16. The molecule has 0 fully saturated rings. The van der Waals surface area contributed by atoms with Gasteiger partial charge in [0, 0.05) is 20.1 Å². The van der Waals surface area contributed by atoms with E-state index >= 15 is 0 Å². The molecule has 7 nitrogen and oxygen atoms in total. The van der Waals surface area contributed by atoms with Crippen molar-refractivity contribution in [3.05, 3.63) is 108 Å². The summed E-state index contributed by atoms with van der Waals surface area (Å²) in [6.07, 6.45) is 0. The van der Waals surface area contributed by atoms with Crippen LogP contribution in [0.25, 0.3) is 5.69 Å². The fourth-order valence-electron chi connectivity index (χ4n) is 3.36. The first-order chi connectivity index (χ1) is 16.8. The zero-order valence-electron chi connectivity index (χ0n) is 18.4. The first-order valence-corrected chi connectivity index (χ1v) is 12.9. The molecule has 0 radical (unpaired) electrons. The molecule has 0 bridgehead atoms. The minimum Gasteiger partial charge on any atom is -0.487 e. The van der Waals surface area contributed by atoms with Gasteiger partial charge in [-0.25, -0.2) is 0 Å². The Morgan fingerprint density at radius 1 is 1.09 bits per heavy atom. The van der Waals surface area contributed by atoms with Crippen LogP contribution in [0.1, 0.15) is 22.2 Å². The van der Waals surface area contributed by atoms with Gasteiger partial charge >= 0.3 is 0 Å². The molecule has 35 heavy (non-hydrogen) atoms. The Morgan fingerprint density at radius 2 is 1.80 bits per heavy atom. The molecule has 0 unspecified atom stereocenters. The minimum absolute atomic E-state index is 0.313. The predicted octanol–water partition coefficient (Wildman–Crippen LogP) is 7.33. The highest BCUT2D eigenvalue weighted by molar-refractivity contribution is 9.10. The van der Waals surface area contributed by atoms with Crippen LogP contribution < -0.4 is 4.74 Å². The Hall–Kier alpha value is -2.59. The number of nitrogens with zero attached hydrogens (tertiary/aromatic N) is 4. The minimum atomic E-state index is -0.544. The van der Waals surface area contributed by atoms with Gasteiger partial charge in [-0.1, -0.05) is 69.1 Å². The van der Waals surface area contributed by atoms with Crippen LogP contribution in [0.2, 0.25) is 10.0 Å². The summed E-state index contributed by atoms with van der Waals surface area (Å²) in [5.41, 5.74) is 2.50. The van der Waals surface area contributed by atoms with Crippen molar-refractivity contribution in [3.63, 3.8) is 0 Å². The highest BCUT2D eigenvalue weighted by atomic mass is 79.9. The molecule has 1 heterocycles. The molecular formula is C24H19BrCl2N4O3S. The molecule has 3 aromatic carbocycles. The Labute approximate surface area is 224 Å². The summed E-state index contributed by atoms with van der Waals surface area (Å²) in [5, 5.41) is 20.9. The van der Waals surface area contributed by atoms with Crippen molar-refractivity contribution < 1.29 is 9.66 Å². The van der Waals surface area contributed by atoms with Crippen LogP contribution in [-0.4, -0.2) is 26.2 Å². The third kappa shape index (κ3) is 6.55. The van der Waals surface area contributed by atoms with Gasteiger partial charge in [0.2, 0.25) is 6.54 Å². The van der Waals surface area contributed by atoms with Crippen molar-refractivity contribution in [2.24, 2.45) is 0 Å². The summed E-state index contributed by atoms with van der Waals surface area (Å²) in [6.45, 7) is 1.86. The number of ether oxygens (including phenoxy) is 1. The molecule has 0 saturated carbocycles. The summed E-state index contributed by atoms with van der Waals surface area (Å²) in [7, 11) is 0. The number of hydrogen-bond acceptors (Lipinski definition) is 6. The third-order valence-corrected chi connectivity index (χ3v) is 7.33. The van der Waals surface area contributed by atoms with Crippen LogP contribution in [0.4, 0.5) is 0 Å². The van der Waals surface area contributed by atoms with E-state index in [4.69, 9.17) is 27.9 Å². The van der Waals surface area contributed by atoms with Gasteiger partial charge in [0.15, 0.2) is 5.16 Å². The standard InChI is InChI=1S/C24H19BrCl2N4O3S/c1-15-28-29-24(31(15)20-9-7-19(26)8-10-20)35-23(13-30(32)33)17-4-11-22(21(27)12-17)34-14-16-2-5-18(25)6-3-16/h2-12,23H,13-14H2,1H3/t23-/m0/s1. The van der Waals surface area contributed by atoms with Gasteiger partial charge in [-0.2, -0.15) is 0 Å². The van der Waals surface area contributed by atoms with Gasteiger partial charge in [0.05, 0.1) is 5.02 Å². The van der Waals surface area contributed by atoms with Crippen LogP contribution in [-0.2, 0) is 6.61 Å². The zero-order valence-corrected chi connectivity index (χ0v) is 22.3. The van der Waals surface area contributed by atoms with Crippen molar-refractivity contribution >= 4 is 50.9 Å². The summed E-state index contributed by atoms with van der Waals surface area (Å²) in [6, 6.07) is 20.2. The van der Waals surface area contributed by atoms with Gasteiger partial charge < -0.3 is 4.74 Å². The summed E-state index contributed by atoms with van der Waals surface area (Å²) < 4.78 is 8.69. The Bertz CT molecular complexity index is 1330. The number of aryl methyl sites for hydroxylation is 1. The average molecular weight is 594 g/mol. The van der Waals surface area contributed by atoms with Crippen LogP contribution in [0.15, 0.2) is 76.4 Å². The van der Waals surface area contributed by atoms with E-state index in [1.54, 1.807) is 30.3 Å². The number of benzene rings is 3. The number of aromatic nitrogens is 3. The van der Waals surface area contributed by atoms with Gasteiger partial charge in [-0.3, -0.25) is 14.7 Å². The smallest absolute Gasteiger partial charge is 0.220 e. The van der Waals surface area contributed by atoms with Crippen molar-refractivity contribution in [3.8, 4) is 11.4 Å². The van der Waals surface area contributed by atoms with Crippen LogP contribution >= 0.6 is 50.9 Å². The van der Waals surface area contributed by atoms with Crippen LogP contribution in [0, 0.1) is 17.0 Å². The largest absolute Gasteiger partial charge is 0.487 e. The molecule has 0 amide bonds. The molecule has 1 aromatic heterocycles. The maximum absolute atomic E-state index is 11.5. The number of hydrogen-bond donors (Lipinski definition) is 0. The molecule has 4 aromatic rings. The lowest BCUT2D eigenvalue weighted by atomic mass is 10.1. The van der Waals surface area contributed by atoms with Crippen molar-refractivity contribution in [1.82, 2.24) is 14.8 Å². The highest BCUT2D eigenvalue weighted by Gasteiger charge is 2.24. The number of halogens is 3. The molecule has 0 spiro atoms. The monoisotopic (exact) mass is 592 g/mol. The van der Waals surface area contributed by atoms with Crippen LogP contribution in [0.5, 0.6) is 5.75 Å². The van der Waals surface area contributed by atoms with Gasteiger partial charge in [0.25, 0.3) is 0 Å². The number of rotatable bonds is 9. The molecule has 0 aliphatic heterocycles. The summed E-state index contributed by atoms with van der Waals surface area (Å²) in [4.78, 5) is 11.1. The van der Waals surface area contributed by atoms with Gasteiger partial charge in [0.1, 0.15) is 23.4 Å². The van der Waals surface area contributed by atoms with E-state index in [9.17, 15) is 10.1 Å². The SMILES string of the molecule is Cc1nnc(S[C@@H](C[N+](=O)[O-])c2ccc(OCc3ccc(Br)cc3)c(Cl)c2)n1-c1ccc(Cl)cc1. The van der Waals surface area contributed by atoms with Crippen molar-refractivity contribution in [2.75, 3.05) is 6.54 Å². The molecule has 0 aliphatic rings. The Kier molecular flexibility index (Phi) is 8.33. The quantitative estimate of drug-likeness (QED) is 0.115. The Morgan fingerprint density at radius 3 is 2.46 bits per heavy atom. The van der Waals surface area contributed by atoms with Crippen molar-refractivity contribution in [1.29, 1.82) is 0 Å². The van der Waals surface area contributed by atoms with Crippen LogP contribution in [0.3, 0.4) is 0 Å². The molecule has 0 saturated heterocycles. The average Bonchev–Trinajstić information content (AvgIpc) is 3.19. The second-order valence-corrected chi connectivity index (χ2v) is 10.5. The third-order valence-electron chi connectivity index (χ3n) is 5.08. The first kappa shape index (κ1) is 25.5. The maximum Gasteiger partial charge on any atom is 0.220 e. The highest BCUT2D eigenvalue weighted by Crippen LogP contribution is 2.38. The molecule has 0 N–H and O–H groups in total. The van der Waals surface area contributed by atoms with E-state index in [1.165, 1.54) is 11.8 Å². The van der Waals surface area contributed by atoms with Gasteiger partial charge in [-0.15, -0.1) is 10.2 Å².